The van der Waals surface area contributed by atoms with Crippen LogP contribution in [-0.4, -0.2) is 24.7 Å². The monoisotopic (exact) mass is 251 g/mol. The van der Waals surface area contributed by atoms with Crippen LogP contribution in [0.4, 0.5) is 13.2 Å². The predicted molar refractivity (Wildman–Crippen MR) is 61.8 cm³/mol. The fraction of sp³-hybridized carbons (Fsp3) is 0.909. The van der Waals surface area contributed by atoms with Gasteiger partial charge in [0.1, 0.15) is 0 Å². The fourth-order valence-electron chi connectivity index (χ4n) is 1.96. The van der Waals surface area contributed by atoms with Crippen molar-refractivity contribution in [3.05, 3.63) is 0 Å². The van der Waals surface area contributed by atoms with Gasteiger partial charge in [0.25, 0.3) is 0 Å². The zero-order valence-electron chi connectivity index (χ0n) is 9.89. The van der Waals surface area contributed by atoms with E-state index in [1.54, 1.807) is 0 Å². The molecule has 0 saturated heterocycles. The summed E-state index contributed by atoms with van der Waals surface area (Å²) in [6, 6.07) is 0.397. The highest BCUT2D eigenvalue weighted by atomic mass is 19.4. The van der Waals surface area contributed by atoms with E-state index in [-0.39, 0.29) is 6.42 Å². The third kappa shape index (κ3) is 7.07. The number of guanidine groups is 1. The lowest BCUT2D eigenvalue weighted by atomic mass is 10.2. The van der Waals surface area contributed by atoms with Crippen LogP contribution in [0, 0.1) is 0 Å². The minimum absolute atomic E-state index is 0.115. The summed E-state index contributed by atoms with van der Waals surface area (Å²) in [6.45, 7) is 0.363. The number of hydrogen-bond acceptors (Lipinski definition) is 1. The number of aliphatic imine (C=N–C) groups is 1. The molecule has 0 spiro atoms. The summed E-state index contributed by atoms with van der Waals surface area (Å²) in [6.07, 6.45) is 0.355. The molecule has 0 aromatic heterocycles. The predicted octanol–water partition coefficient (Wildman–Crippen LogP) is 2.57. The van der Waals surface area contributed by atoms with Gasteiger partial charge in [-0.1, -0.05) is 12.8 Å². The summed E-state index contributed by atoms with van der Waals surface area (Å²) in [5.74, 6) is 0.365. The Morgan fingerprint density at radius 3 is 2.47 bits per heavy atom. The van der Waals surface area contributed by atoms with Crippen LogP contribution in [0.5, 0.6) is 0 Å². The summed E-state index contributed by atoms with van der Waals surface area (Å²) in [5.41, 5.74) is 5.64. The van der Waals surface area contributed by atoms with Crippen molar-refractivity contribution < 1.29 is 13.2 Å². The molecule has 0 bridgehead atoms. The van der Waals surface area contributed by atoms with Crippen LogP contribution in [-0.2, 0) is 0 Å². The molecule has 0 aromatic carbocycles. The topological polar surface area (TPSA) is 50.4 Å². The minimum Gasteiger partial charge on any atom is -0.370 e. The molecule has 3 N–H and O–H groups in total. The van der Waals surface area contributed by atoms with E-state index in [0.29, 0.717) is 25.0 Å². The Labute approximate surface area is 99.7 Å². The van der Waals surface area contributed by atoms with Gasteiger partial charge in [-0.3, -0.25) is 4.99 Å². The zero-order valence-corrected chi connectivity index (χ0v) is 9.89. The molecule has 1 aliphatic rings. The molecule has 1 saturated carbocycles. The Morgan fingerprint density at radius 2 is 1.88 bits per heavy atom. The molecule has 0 unspecified atom stereocenters. The normalized spacial score (nSPS) is 18.6. The van der Waals surface area contributed by atoms with Crippen molar-refractivity contribution in [2.75, 3.05) is 6.54 Å². The van der Waals surface area contributed by atoms with Gasteiger partial charge >= 0.3 is 6.18 Å². The maximum Gasteiger partial charge on any atom is 0.389 e. The standard InChI is InChI=1S/C11H20F3N3/c12-11(13,14)7-3-4-8-16-10(15)17-9-5-1-2-6-9/h9H,1-8H2,(H3,15,16,17). The maximum absolute atomic E-state index is 11.8. The van der Waals surface area contributed by atoms with Crippen LogP contribution in [0.3, 0.4) is 0 Å². The molecule has 0 amide bonds. The SMILES string of the molecule is NC(=NCCCCC(F)(F)F)NC1CCCC1. The Bertz CT molecular complexity index is 245. The Hall–Kier alpha value is -0.940. The van der Waals surface area contributed by atoms with E-state index in [4.69, 9.17) is 5.73 Å². The minimum atomic E-state index is -4.06. The molecule has 1 fully saturated rings. The number of nitrogens with zero attached hydrogens (tertiary/aromatic N) is 1. The average molecular weight is 251 g/mol. The molecule has 1 aliphatic carbocycles. The van der Waals surface area contributed by atoms with E-state index < -0.39 is 12.6 Å². The van der Waals surface area contributed by atoms with Gasteiger partial charge in [-0.05, 0) is 25.7 Å². The molecular weight excluding hydrogens is 231 g/mol. The van der Waals surface area contributed by atoms with E-state index in [1.807, 2.05) is 0 Å². The van der Waals surface area contributed by atoms with Crippen molar-refractivity contribution in [1.82, 2.24) is 5.32 Å². The van der Waals surface area contributed by atoms with Gasteiger partial charge in [0, 0.05) is 19.0 Å². The van der Waals surface area contributed by atoms with Crippen LogP contribution < -0.4 is 11.1 Å². The Morgan fingerprint density at radius 1 is 1.24 bits per heavy atom. The molecular formula is C11H20F3N3. The van der Waals surface area contributed by atoms with Gasteiger partial charge in [0.2, 0.25) is 0 Å². The van der Waals surface area contributed by atoms with Crippen molar-refractivity contribution in [1.29, 1.82) is 0 Å². The first-order chi connectivity index (χ1) is 7.97. The van der Waals surface area contributed by atoms with Crippen LogP contribution in [0.15, 0.2) is 4.99 Å². The first kappa shape index (κ1) is 14.1. The first-order valence-corrected chi connectivity index (χ1v) is 6.10. The Balaban J connectivity index is 2.06. The molecule has 100 valence electrons. The molecule has 0 heterocycles. The molecule has 0 atom stereocenters. The summed E-state index contributed by atoms with van der Waals surface area (Å²) >= 11 is 0. The second kappa shape index (κ2) is 6.71. The smallest absolute Gasteiger partial charge is 0.370 e. The maximum atomic E-state index is 11.8. The van der Waals surface area contributed by atoms with Gasteiger partial charge in [0.05, 0.1) is 0 Å². The Kier molecular flexibility index (Phi) is 5.58. The van der Waals surface area contributed by atoms with E-state index in [0.717, 1.165) is 12.8 Å². The number of nitrogens with one attached hydrogen (secondary N) is 1. The molecule has 0 radical (unpaired) electrons. The third-order valence-electron chi connectivity index (χ3n) is 2.86. The van der Waals surface area contributed by atoms with Gasteiger partial charge in [0.15, 0.2) is 5.96 Å². The van der Waals surface area contributed by atoms with Crippen LogP contribution in [0.1, 0.15) is 44.9 Å². The van der Waals surface area contributed by atoms with E-state index in [9.17, 15) is 13.2 Å². The number of alkyl halides is 3. The lowest BCUT2D eigenvalue weighted by molar-refractivity contribution is -0.135. The van der Waals surface area contributed by atoms with Crippen molar-refractivity contribution >= 4 is 5.96 Å². The van der Waals surface area contributed by atoms with Crippen LogP contribution in [0.2, 0.25) is 0 Å². The lowest BCUT2D eigenvalue weighted by Gasteiger charge is -2.12. The van der Waals surface area contributed by atoms with Crippen molar-refractivity contribution in [3.8, 4) is 0 Å². The van der Waals surface area contributed by atoms with Gasteiger partial charge in [-0.15, -0.1) is 0 Å². The van der Waals surface area contributed by atoms with Crippen molar-refractivity contribution in [2.24, 2.45) is 10.7 Å². The second-order valence-electron chi connectivity index (χ2n) is 4.46. The summed E-state index contributed by atoms with van der Waals surface area (Å²) in [5, 5.41) is 3.09. The van der Waals surface area contributed by atoms with Crippen molar-refractivity contribution in [2.45, 2.75) is 57.2 Å². The van der Waals surface area contributed by atoms with Crippen LogP contribution in [0.25, 0.3) is 0 Å². The van der Waals surface area contributed by atoms with E-state index in [1.165, 1.54) is 12.8 Å². The quantitative estimate of drug-likeness (QED) is 0.448. The average Bonchev–Trinajstić information content (AvgIpc) is 2.68. The first-order valence-electron chi connectivity index (χ1n) is 6.10. The lowest BCUT2D eigenvalue weighted by Crippen LogP contribution is -2.38. The van der Waals surface area contributed by atoms with Crippen molar-refractivity contribution in [3.63, 3.8) is 0 Å². The number of unbranched alkanes of at least 4 members (excludes halogenated alkanes) is 1. The number of hydrogen-bond donors (Lipinski definition) is 2. The molecule has 6 heteroatoms. The van der Waals surface area contributed by atoms with Crippen LogP contribution >= 0.6 is 0 Å². The summed E-state index contributed by atoms with van der Waals surface area (Å²) in [7, 11) is 0. The molecule has 3 nitrogen and oxygen atoms in total. The summed E-state index contributed by atoms with van der Waals surface area (Å²) < 4.78 is 35.5. The fourth-order valence-corrected chi connectivity index (χ4v) is 1.96. The van der Waals surface area contributed by atoms with Gasteiger partial charge < -0.3 is 11.1 Å². The molecule has 17 heavy (non-hydrogen) atoms. The molecule has 0 aromatic rings. The molecule has 1 rings (SSSR count). The number of rotatable bonds is 5. The molecule has 0 aliphatic heterocycles. The highest BCUT2D eigenvalue weighted by Gasteiger charge is 2.25. The van der Waals surface area contributed by atoms with E-state index >= 15 is 0 Å². The third-order valence-corrected chi connectivity index (χ3v) is 2.86. The van der Waals surface area contributed by atoms with Gasteiger partial charge in [-0.2, -0.15) is 13.2 Å². The summed E-state index contributed by atoms with van der Waals surface area (Å²) in [4.78, 5) is 4.02. The highest BCUT2D eigenvalue weighted by Crippen LogP contribution is 2.22. The highest BCUT2D eigenvalue weighted by molar-refractivity contribution is 5.78. The number of halogens is 3. The largest absolute Gasteiger partial charge is 0.389 e. The zero-order chi connectivity index (χ0) is 12.7. The second-order valence-corrected chi connectivity index (χ2v) is 4.46. The van der Waals surface area contributed by atoms with Gasteiger partial charge in [-0.25, -0.2) is 0 Å². The van der Waals surface area contributed by atoms with E-state index in [2.05, 4.69) is 10.3 Å². The number of nitrogens with two attached hydrogens (primary N) is 1.